The van der Waals surface area contributed by atoms with Crippen LogP contribution in [-0.4, -0.2) is 34.5 Å². The van der Waals surface area contributed by atoms with E-state index >= 15 is 0 Å². The van der Waals surface area contributed by atoms with Crippen molar-refractivity contribution in [3.05, 3.63) is 16.3 Å². The van der Waals surface area contributed by atoms with E-state index in [1.165, 1.54) is 6.20 Å². The topological polar surface area (TPSA) is 84.2 Å². The normalized spacial score (nSPS) is 17.0. The molecule has 2 heterocycles. The minimum atomic E-state index is -0.400. The van der Waals surface area contributed by atoms with Gasteiger partial charge in [0.05, 0.1) is 4.92 Å². The smallest absolute Gasteiger partial charge is 0.329 e. The van der Waals surface area contributed by atoms with E-state index in [9.17, 15) is 10.1 Å². The Morgan fingerprint density at radius 2 is 2.14 bits per heavy atom. The summed E-state index contributed by atoms with van der Waals surface area (Å²) in [6, 6.07) is 0. The molecular weight excluding hydrogens is 270 g/mol. The van der Waals surface area contributed by atoms with Crippen LogP contribution in [0.4, 0.5) is 17.5 Å². The standard InChI is InChI=1S/C14H23N5O2/c1-4-14(5-2)7-8-18(10-14)12-11(19(20)21)9-16-13(17-12)15-6-3/h9H,4-8,10H2,1-3H3,(H,15,16,17). The summed E-state index contributed by atoms with van der Waals surface area (Å²) in [6.07, 6.45) is 4.52. The van der Waals surface area contributed by atoms with Crippen molar-refractivity contribution in [2.45, 2.75) is 40.0 Å². The second-order valence-corrected chi connectivity index (χ2v) is 5.57. The molecule has 0 radical (unpaired) electrons. The van der Waals surface area contributed by atoms with Gasteiger partial charge in [0.15, 0.2) is 0 Å². The van der Waals surface area contributed by atoms with E-state index in [1.54, 1.807) is 0 Å². The molecule has 21 heavy (non-hydrogen) atoms. The van der Waals surface area contributed by atoms with Crippen LogP contribution in [-0.2, 0) is 0 Å². The van der Waals surface area contributed by atoms with Gasteiger partial charge in [0, 0.05) is 19.6 Å². The second kappa shape index (κ2) is 6.24. The first-order valence-electron chi connectivity index (χ1n) is 7.55. The highest BCUT2D eigenvalue weighted by molar-refractivity contribution is 5.59. The molecule has 1 aromatic heterocycles. The highest BCUT2D eigenvalue weighted by Crippen LogP contribution is 2.40. The zero-order valence-corrected chi connectivity index (χ0v) is 12.9. The zero-order valence-electron chi connectivity index (χ0n) is 12.9. The van der Waals surface area contributed by atoms with Gasteiger partial charge in [0.1, 0.15) is 6.20 Å². The average molecular weight is 293 g/mol. The molecule has 0 aliphatic carbocycles. The molecule has 0 spiro atoms. The van der Waals surface area contributed by atoms with Crippen LogP contribution in [0.1, 0.15) is 40.0 Å². The SMILES string of the molecule is CCNc1ncc([N+](=O)[O-])c(N2CCC(CC)(CC)C2)n1. The van der Waals surface area contributed by atoms with Gasteiger partial charge in [-0.3, -0.25) is 10.1 Å². The van der Waals surface area contributed by atoms with Gasteiger partial charge < -0.3 is 10.2 Å². The summed E-state index contributed by atoms with van der Waals surface area (Å²) in [6.45, 7) is 8.63. The van der Waals surface area contributed by atoms with Gasteiger partial charge >= 0.3 is 5.69 Å². The largest absolute Gasteiger partial charge is 0.354 e. The predicted octanol–water partition coefficient (Wildman–Crippen LogP) is 2.83. The molecule has 0 saturated carbocycles. The van der Waals surface area contributed by atoms with Crippen molar-refractivity contribution in [1.82, 2.24) is 9.97 Å². The van der Waals surface area contributed by atoms with Gasteiger partial charge in [-0.05, 0) is 31.6 Å². The third-order valence-corrected chi connectivity index (χ3v) is 4.52. The van der Waals surface area contributed by atoms with Crippen molar-refractivity contribution in [2.75, 3.05) is 29.9 Å². The van der Waals surface area contributed by atoms with Crippen LogP contribution in [0.15, 0.2) is 6.20 Å². The molecule has 1 aliphatic heterocycles. The van der Waals surface area contributed by atoms with Crippen molar-refractivity contribution < 1.29 is 4.92 Å². The van der Waals surface area contributed by atoms with Crippen LogP contribution < -0.4 is 10.2 Å². The molecule has 1 saturated heterocycles. The van der Waals surface area contributed by atoms with E-state index in [0.717, 1.165) is 32.4 Å². The fourth-order valence-electron chi connectivity index (χ4n) is 2.91. The maximum absolute atomic E-state index is 11.2. The first kappa shape index (κ1) is 15.5. The fourth-order valence-corrected chi connectivity index (χ4v) is 2.91. The van der Waals surface area contributed by atoms with Crippen molar-refractivity contribution in [3.8, 4) is 0 Å². The quantitative estimate of drug-likeness (QED) is 0.641. The van der Waals surface area contributed by atoms with Crippen molar-refractivity contribution in [2.24, 2.45) is 5.41 Å². The Morgan fingerprint density at radius 3 is 2.67 bits per heavy atom. The van der Waals surface area contributed by atoms with Gasteiger partial charge in [-0.15, -0.1) is 0 Å². The van der Waals surface area contributed by atoms with Crippen LogP contribution >= 0.6 is 0 Å². The summed E-state index contributed by atoms with van der Waals surface area (Å²) in [7, 11) is 0. The molecule has 0 unspecified atom stereocenters. The van der Waals surface area contributed by atoms with E-state index in [-0.39, 0.29) is 11.1 Å². The third-order valence-electron chi connectivity index (χ3n) is 4.52. The lowest BCUT2D eigenvalue weighted by Gasteiger charge is -2.26. The Labute approximate surface area is 124 Å². The van der Waals surface area contributed by atoms with E-state index in [2.05, 4.69) is 29.1 Å². The maximum Gasteiger partial charge on any atom is 0.329 e. The van der Waals surface area contributed by atoms with E-state index in [1.807, 2.05) is 11.8 Å². The highest BCUT2D eigenvalue weighted by Gasteiger charge is 2.38. The fraction of sp³-hybridized carbons (Fsp3) is 0.714. The summed E-state index contributed by atoms with van der Waals surface area (Å²) in [5.41, 5.74) is 0.233. The number of rotatable bonds is 6. The minimum Gasteiger partial charge on any atom is -0.354 e. The van der Waals surface area contributed by atoms with E-state index in [0.29, 0.717) is 18.3 Å². The highest BCUT2D eigenvalue weighted by atomic mass is 16.6. The Bertz CT molecular complexity index is 516. The van der Waals surface area contributed by atoms with Crippen LogP contribution in [0.5, 0.6) is 0 Å². The summed E-state index contributed by atoms with van der Waals surface area (Å²) in [5, 5.41) is 14.2. The van der Waals surface area contributed by atoms with E-state index < -0.39 is 4.92 Å². The van der Waals surface area contributed by atoms with Crippen LogP contribution in [0, 0.1) is 15.5 Å². The Hall–Kier alpha value is -1.92. The first-order chi connectivity index (χ1) is 10.0. The van der Waals surface area contributed by atoms with Crippen LogP contribution in [0.2, 0.25) is 0 Å². The summed E-state index contributed by atoms with van der Waals surface area (Å²) >= 11 is 0. The lowest BCUT2D eigenvalue weighted by atomic mass is 9.82. The number of hydrogen-bond donors (Lipinski definition) is 1. The molecule has 1 N–H and O–H groups in total. The molecule has 0 bridgehead atoms. The Morgan fingerprint density at radius 1 is 1.43 bits per heavy atom. The molecule has 1 fully saturated rings. The van der Waals surface area contributed by atoms with Crippen molar-refractivity contribution in [1.29, 1.82) is 0 Å². The molecule has 7 nitrogen and oxygen atoms in total. The molecule has 0 aromatic carbocycles. The summed E-state index contributed by atoms with van der Waals surface area (Å²) < 4.78 is 0. The van der Waals surface area contributed by atoms with E-state index in [4.69, 9.17) is 0 Å². The monoisotopic (exact) mass is 293 g/mol. The molecule has 1 aliphatic rings. The molecule has 0 atom stereocenters. The number of aromatic nitrogens is 2. The number of hydrogen-bond acceptors (Lipinski definition) is 6. The van der Waals surface area contributed by atoms with Crippen LogP contribution in [0.3, 0.4) is 0 Å². The van der Waals surface area contributed by atoms with Gasteiger partial charge in [0.25, 0.3) is 0 Å². The Balaban J connectivity index is 2.33. The predicted molar refractivity (Wildman–Crippen MR) is 82.7 cm³/mol. The minimum absolute atomic E-state index is 0.0142. The molecular formula is C14H23N5O2. The molecule has 0 amide bonds. The van der Waals surface area contributed by atoms with Crippen molar-refractivity contribution in [3.63, 3.8) is 0 Å². The average Bonchev–Trinajstić information content (AvgIpc) is 2.92. The number of nitrogens with one attached hydrogen (secondary N) is 1. The molecule has 7 heteroatoms. The number of anilines is 2. The summed E-state index contributed by atoms with van der Waals surface area (Å²) in [5.74, 6) is 0.887. The molecule has 1 aromatic rings. The first-order valence-corrected chi connectivity index (χ1v) is 7.55. The molecule has 2 rings (SSSR count). The van der Waals surface area contributed by atoms with Gasteiger partial charge in [-0.1, -0.05) is 13.8 Å². The lowest BCUT2D eigenvalue weighted by molar-refractivity contribution is -0.384. The van der Waals surface area contributed by atoms with Gasteiger partial charge in [0.2, 0.25) is 11.8 Å². The summed E-state index contributed by atoms with van der Waals surface area (Å²) in [4.78, 5) is 21.2. The number of nitro groups is 1. The lowest BCUT2D eigenvalue weighted by Crippen LogP contribution is -2.27. The number of nitrogens with zero attached hydrogens (tertiary/aromatic N) is 4. The van der Waals surface area contributed by atoms with Crippen LogP contribution in [0.25, 0.3) is 0 Å². The Kier molecular flexibility index (Phi) is 4.59. The maximum atomic E-state index is 11.2. The van der Waals surface area contributed by atoms with Crippen molar-refractivity contribution >= 4 is 17.5 Å². The zero-order chi connectivity index (χ0) is 15.5. The second-order valence-electron chi connectivity index (χ2n) is 5.57. The van der Waals surface area contributed by atoms with Gasteiger partial charge in [-0.25, -0.2) is 4.98 Å². The van der Waals surface area contributed by atoms with Gasteiger partial charge in [-0.2, -0.15) is 4.98 Å². The third kappa shape index (κ3) is 3.06. The molecule has 116 valence electrons.